The van der Waals surface area contributed by atoms with Crippen LogP contribution in [-0.4, -0.2) is 27.5 Å². The SMILES string of the molecule is Clc1nncn1CCOC1CCCC1. The second-order valence-corrected chi connectivity index (χ2v) is 3.91. The summed E-state index contributed by atoms with van der Waals surface area (Å²) in [4.78, 5) is 0. The molecule has 1 aromatic rings. The van der Waals surface area contributed by atoms with E-state index in [-0.39, 0.29) is 0 Å². The molecule has 0 bridgehead atoms. The Morgan fingerprint density at radius 1 is 1.50 bits per heavy atom. The number of halogens is 1. The second kappa shape index (κ2) is 4.75. The maximum absolute atomic E-state index is 5.77. The highest BCUT2D eigenvalue weighted by Gasteiger charge is 2.14. The topological polar surface area (TPSA) is 39.9 Å². The molecule has 14 heavy (non-hydrogen) atoms. The highest BCUT2D eigenvalue weighted by atomic mass is 35.5. The van der Waals surface area contributed by atoms with Crippen LogP contribution in [0.15, 0.2) is 6.33 Å². The largest absolute Gasteiger partial charge is 0.376 e. The summed E-state index contributed by atoms with van der Waals surface area (Å²) in [6.45, 7) is 1.44. The molecule has 0 spiro atoms. The summed E-state index contributed by atoms with van der Waals surface area (Å²) in [5, 5.41) is 7.82. The van der Waals surface area contributed by atoms with Crippen LogP contribution < -0.4 is 0 Å². The van der Waals surface area contributed by atoms with Crippen molar-refractivity contribution in [3.63, 3.8) is 0 Å². The third-order valence-corrected chi connectivity index (χ3v) is 2.85. The van der Waals surface area contributed by atoms with E-state index in [0.717, 1.165) is 6.54 Å². The van der Waals surface area contributed by atoms with Gasteiger partial charge in [-0.25, -0.2) is 0 Å². The minimum Gasteiger partial charge on any atom is -0.376 e. The molecule has 0 N–H and O–H groups in total. The fourth-order valence-electron chi connectivity index (χ4n) is 1.76. The Morgan fingerprint density at radius 3 is 2.93 bits per heavy atom. The lowest BCUT2D eigenvalue weighted by Crippen LogP contribution is -2.12. The van der Waals surface area contributed by atoms with Crippen molar-refractivity contribution in [1.29, 1.82) is 0 Å². The van der Waals surface area contributed by atoms with Crippen molar-refractivity contribution in [2.45, 2.75) is 38.3 Å². The van der Waals surface area contributed by atoms with Crippen molar-refractivity contribution in [2.75, 3.05) is 6.61 Å². The van der Waals surface area contributed by atoms with Gasteiger partial charge in [-0.05, 0) is 24.4 Å². The number of aromatic nitrogens is 3. The van der Waals surface area contributed by atoms with Gasteiger partial charge in [-0.15, -0.1) is 10.2 Å². The summed E-state index contributed by atoms with van der Waals surface area (Å²) in [6, 6.07) is 0. The lowest BCUT2D eigenvalue weighted by atomic mass is 10.3. The first-order valence-corrected chi connectivity index (χ1v) is 5.39. The van der Waals surface area contributed by atoms with Crippen LogP contribution in [0.1, 0.15) is 25.7 Å². The van der Waals surface area contributed by atoms with Crippen molar-refractivity contribution >= 4 is 11.6 Å². The van der Waals surface area contributed by atoms with E-state index in [1.54, 1.807) is 10.9 Å². The van der Waals surface area contributed by atoms with Gasteiger partial charge in [0.1, 0.15) is 6.33 Å². The second-order valence-electron chi connectivity index (χ2n) is 3.57. The molecule has 0 atom stereocenters. The van der Waals surface area contributed by atoms with Gasteiger partial charge in [0.15, 0.2) is 0 Å². The van der Waals surface area contributed by atoms with Crippen molar-refractivity contribution in [2.24, 2.45) is 0 Å². The molecule has 4 nitrogen and oxygen atoms in total. The van der Waals surface area contributed by atoms with Crippen LogP contribution >= 0.6 is 11.6 Å². The van der Waals surface area contributed by atoms with Gasteiger partial charge < -0.3 is 9.30 Å². The molecule has 2 rings (SSSR count). The van der Waals surface area contributed by atoms with Crippen LogP contribution in [-0.2, 0) is 11.3 Å². The predicted octanol–water partition coefficient (Wildman–Crippen LogP) is 1.89. The number of hydrogen-bond acceptors (Lipinski definition) is 3. The Bertz CT molecular complexity index is 283. The zero-order valence-corrected chi connectivity index (χ0v) is 8.78. The normalized spacial score (nSPS) is 17.8. The molecule has 78 valence electrons. The van der Waals surface area contributed by atoms with Gasteiger partial charge in [-0.1, -0.05) is 12.8 Å². The molecule has 0 amide bonds. The van der Waals surface area contributed by atoms with Gasteiger partial charge in [0.05, 0.1) is 12.7 Å². The minimum absolute atomic E-state index is 0.431. The number of hydrogen-bond donors (Lipinski definition) is 0. The predicted molar refractivity (Wildman–Crippen MR) is 53.2 cm³/mol. The van der Waals surface area contributed by atoms with Crippen LogP contribution in [0.2, 0.25) is 5.28 Å². The molecule has 1 fully saturated rings. The van der Waals surface area contributed by atoms with Gasteiger partial charge in [-0.2, -0.15) is 0 Å². The van der Waals surface area contributed by atoms with E-state index in [1.165, 1.54) is 25.7 Å². The fraction of sp³-hybridized carbons (Fsp3) is 0.778. The minimum atomic E-state index is 0.431. The van der Waals surface area contributed by atoms with Crippen molar-refractivity contribution in [3.05, 3.63) is 11.6 Å². The summed E-state index contributed by atoms with van der Waals surface area (Å²) < 4.78 is 7.48. The zero-order chi connectivity index (χ0) is 9.80. The first kappa shape index (κ1) is 9.93. The molecule has 0 aromatic carbocycles. The van der Waals surface area contributed by atoms with Gasteiger partial charge in [0.25, 0.3) is 0 Å². The van der Waals surface area contributed by atoms with E-state index in [4.69, 9.17) is 16.3 Å². The summed E-state index contributed by atoms with van der Waals surface area (Å²) in [5.41, 5.74) is 0. The Kier molecular flexibility index (Phi) is 3.37. The van der Waals surface area contributed by atoms with Crippen molar-refractivity contribution in [3.8, 4) is 0 Å². The highest BCUT2D eigenvalue weighted by molar-refractivity contribution is 6.28. The Hall–Kier alpha value is -0.610. The first-order valence-electron chi connectivity index (χ1n) is 5.01. The summed E-state index contributed by atoms with van der Waals surface area (Å²) in [7, 11) is 0. The zero-order valence-electron chi connectivity index (χ0n) is 8.03. The monoisotopic (exact) mass is 215 g/mol. The molecular formula is C9H14ClN3O. The quantitative estimate of drug-likeness (QED) is 0.770. The lowest BCUT2D eigenvalue weighted by molar-refractivity contribution is 0.0529. The maximum atomic E-state index is 5.77. The lowest BCUT2D eigenvalue weighted by Gasteiger charge is -2.10. The third kappa shape index (κ3) is 2.45. The molecule has 1 heterocycles. The average Bonchev–Trinajstić information content (AvgIpc) is 2.78. The average molecular weight is 216 g/mol. The molecule has 5 heteroatoms. The molecule has 1 aliphatic rings. The molecule has 0 radical (unpaired) electrons. The fourth-order valence-corrected chi connectivity index (χ4v) is 1.94. The maximum Gasteiger partial charge on any atom is 0.224 e. The smallest absolute Gasteiger partial charge is 0.224 e. The molecule has 0 saturated heterocycles. The van der Waals surface area contributed by atoms with Gasteiger partial charge in [0, 0.05) is 6.54 Å². The van der Waals surface area contributed by atoms with Gasteiger partial charge >= 0.3 is 0 Å². The van der Waals surface area contributed by atoms with Crippen molar-refractivity contribution in [1.82, 2.24) is 14.8 Å². The third-order valence-electron chi connectivity index (χ3n) is 2.56. The number of rotatable bonds is 4. The summed E-state index contributed by atoms with van der Waals surface area (Å²) in [6.07, 6.45) is 7.10. The van der Waals surface area contributed by atoms with E-state index in [1.807, 2.05) is 0 Å². The molecule has 0 aliphatic heterocycles. The molecule has 1 aromatic heterocycles. The van der Waals surface area contributed by atoms with E-state index in [2.05, 4.69) is 10.2 Å². The van der Waals surface area contributed by atoms with Gasteiger partial charge in [-0.3, -0.25) is 0 Å². The molecule has 0 unspecified atom stereocenters. The number of nitrogens with zero attached hydrogens (tertiary/aromatic N) is 3. The van der Waals surface area contributed by atoms with E-state index >= 15 is 0 Å². The van der Waals surface area contributed by atoms with E-state index in [0.29, 0.717) is 18.0 Å². The Labute approximate surface area is 88.2 Å². The molecule has 1 saturated carbocycles. The van der Waals surface area contributed by atoms with Gasteiger partial charge in [0.2, 0.25) is 5.28 Å². The Morgan fingerprint density at radius 2 is 2.29 bits per heavy atom. The standard InChI is InChI=1S/C9H14ClN3O/c10-9-12-11-7-13(9)5-6-14-8-3-1-2-4-8/h7-8H,1-6H2. The summed E-state index contributed by atoms with van der Waals surface area (Å²) in [5.74, 6) is 0. The molecule has 1 aliphatic carbocycles. The summed E-state index contributed by atoms with van der Waals surface area (Å²) >= 11 is 5.77. The highest BCUT2D eigenvalue weighted by Crippen LogP contribution is 2.20. The Balaban J connectivity index is 1.70. The van der Waals surface area contributed by atoms with Crippen LogP contribution in [0, 0.1) is 0 Å². The number of ether oxygens (including phenoxy) is 1. The van der Waals surface area contributed by atoms with Crippen LogP contribution in [0.3, 0.4) is 0 Å². The van der Waals surface area contributed by atoms with Crippen LogP contribution in [0.25, 0.3) is 0 Å². The molecular weight excluding hydrogens is 202 g/mol. The van der Waals surface area contributed by atoms with Crippen LogP contribution in [0.5, 0.6) is 0 Å². The van der Waals surface area contributed by atoms with Crippen LogP contribution in [0.4, 0.5) is 0 Å². The van der Waals surface area contributed by atoms with Crippen molar-refractivity contribution < 1.29 is 4.74 Å². The van der Waals surface area contributed by atoms with E-state index in [9.17, 15) is 0 Å². The first-order chi connectivity index (χ1) is 6.86. The van der Waals surface area contributed by atoms with E-state index < -0.39 is 0 Å².